The first-order valence-corrected chi connectivity index (χ1v) is 5.96. The summed E-state index contributed by atoms with van der Waals surface area (Å²) >= 11 is 0. The molecule has 0 radical (unpaired) electrons. The largest absolute Gasteiger partial charge is 0.393 e. The predicted octanol–water partition coefficient (Wildman–Crippen LogP) is 0.931. The van der Waals surface area contributed by atoms with Crippen molar-refractivity contribution in [2.75, 3.05) is 13.1 Å². The molecular formula is C12H21N3O. The van der Waals surface area contributed by atoms with E-state index in [-0.39, 0.29) is 6.10 Å². The zero-order valence-electron chi connectivity index (χ0n) is 10.3. The van der Waals surface area contributed by atoms with Crippen LogP contribution in [0.2, 0.25) is 0 Å². The number of hydrogen-bond acceptors (Lipinski definition) is 3. The highest BCUT2D eigenvalue weighted by molar-refractivity contribution is 5.15. The minimum absolute atomic E-state index is 0.181. The van der Waals surface area contributed by atoms with Gasteiger partial charge in [0.1, 0.15) is 0 Å². The van der Waals surface area contributed by atoms with Gasteiger partial charge in [-0.3, -0.25) is 9.58 Å². The van der Waals surface area contributed by atoms with Gasteiger partial charge < -0.3 is 5.11 Å². The second-order valence-corrected chi connectivity index (χ2v) is 4.90. The first-order valence-electron chi connectivity index (χ1n) is 5.96. The molecule has 2 unspecified atom stereocenters. The molecule has 2 atom stereocenters. The maximum absolute atomic E-state index is 9.55. The number of hydrogen-bond donors (Lipinski definition) is 1. The molecule has 0 amide bonds. The molecule has 1 N–H and O–H groups in total. The van der Waals surface area contributed by atoms with Gasteiger partial charge in [-0.15, -0.1) is 0 Å². The molecular weight excluding hydrogens is 202 g/mol. The fourth-order valence-electron chi connectivity index (χ4n) is 2.34. The monoisotopic (exact) mass is 223 g/mol. The van der Waals surface area contributed by atoms with Crippen LogP contribution >= 0.6 is 0 Å². The fraction of sp³-hybridized carbons (Fsp3) is 0.750. The molecule has 0 spiro atoms. The molecule has 1 aromatic rings. The molecule has 1 saturated heterocycles. The van der Waals surface area contributed by atoms with Gasteiger partial charge in [-0.2, -0.15) is 5.10 Å². The van der Waals surface area contributed by atoms with Crippen LogP contribution in [-0.2, 0) is 13.6 Å². The predicted molar refractivity (Wildman–Crippen MR) is 63.0 cm³/mol. The highest BCUT2D eigenvalue weighted by Crippen LogP contribution is 2.22. The molecule has 16 heavy (non-hydrogen) atoms. The lowest BCUT2D eigenvalue weighted by Crippen LogP contribution is -2.24. The van der Waals surface area contributed by atoms with E-state index in [1.807, 2.05) is 24.9 Å². The molecule has 0 bridgehead atoms. The summed E-state index contributed by atoms with van der Waals surface area (Å²) < 4.78 is 1.91. The van der Waals surface area contributed by atoms with Crippen molar-refractivity contribution >= 4 is 0 Å². The van der Waals surface area contributed by atoms with E-state index in [1.165, 1.54) is 11.3 Å². The lowest BCUT2D eigenvalue weighted by molar-refractivity contribution is 0.127. The van der Waals surface area contributed by atoms with Gasteiger partial charge in [-0.05, 0) is 32.7 Å². The van der Waals surface area contributed by atoms with Crippen LogP contribution < -0.4 is 0 Å². The molecule has 1 fully saturated rings. The summed E-state index contributed by atoms with van der Waals surface area (Å²) in [5, 5.41) is 13.8. The molecule has 0 aliphatic carbocycles. The molecule has 2 rings (SSSR count). The van der Waals surface area contributed by atoms with Crippen molar-refractivity contribution in [1.82, 2.24) is 14.7 Å². The summed E-state index contributed by atoms with van der Waals surface area (Å²) in [4.78, 5) is 2.40. The van der Waals surface area contributed by atoms with Crippen molar-refractivity contribution in [1.29, 1.82) is 0 Å². The first kappa shape index (κ1) is 11.6. The van der Waals surface area contributed by atoms with Crippen molar-refractivity contribution in [3.8, 4) is 0 Å². The Morgan fingerprint density at radius 1 is 1.62 bits per heavy atom. The highest BCUT2D eigenvalue weighted by Gasteiger charge is 2.26. The normalized spacial score (nSPS) is 23.9. The zero-order valence-corrected chi connectivity index (χ0v) is 10.3. The van der Waals surface area contributed by atoms with E-state index in [2.05, 4.69) is 16.9 Å². The SMILES string of the molecule is Cc1c(CN2CCC(C(C)O)C2)cnn1C. The lowest BCUT2D eigenvalue weighted by Gasteiger charge is -2.17. The van der Waals surface area contributed by atoms with Crippen LogP contribution in [0.4, 0.5) is 0 Å². The maximum Gasteiger partial charge on any atom is 0.0552 e. The second kappa shape index (κ2) is 4.55. The summed E-state index contributed by atoms with van der Waals surface area (Å²) in [6, 6.07) is 0. The van der Waals surface area contributed by atoms with Gasteiger partial charge in [0.05, 0.1) is 12.3 Å². The summed E-state index contributed by atoms with van der Waals surface area (Å²) in [7, 11) is 1.97. The second-order valence-electron chi connectivity index (χ2n) is 4.90. The van der Waals surface area contributed by atoms with Crippen molar-refractivity contribution in [3.05, 3.63) is 17.5 Å². The molecule has 1 aliphatic rings. The summed E-state index contributed by atoms with van der Waals surface area (Å²) in [6.45, 7) is 7.05. The summed E-state index contributed by atoms with van der Waals surface area (Å²) in [5.41, 5.74) is 2.54. The number of aliphatic hydroxyl groups excluding tert-OH is 1. The van der Waals surface area contributed by atoms with Crippen molar-refractivity contribution in [2.45, 2.75) is 32.9 Å². The number of rotatable bonds is 3. The molecule has 4 nitrogen and oxygen atoms in total. The minimum Gasteiger partial charge on any atom is -0.393 e. The van der Waals surface area contributed by atoms with Gasteiger partial charge in [-0.25, -0.2) is 0 Å². The first-order chi connectivity index (χ1) is 7.58. The quantitative estimate of drug-likeness (QED) is 0.829. The van der Waals surface area contributed by atoms with Crippen LogP contribution in [0.1, 0.15) is 24.6 Å². The van der Waals surface area contributed by atoms with Crippen LogP contribution in [0.15, 0.2) is 6.20 Å². The number of aryl methyl sites for hydroxylation is 1. The van der Waals surface area contributed by atoms with Gasteiger partial charge in [-0.1, -0.05) is 0 Å². The lowest BCUT2D eigenvalue weighted by atomic mass is 10.0. The van der Waals surface area contributed by atoms with Gasteiger partial charge in [0.25, 0.3) is 0 Å². The van der Waals surface area contributed by atoms with E-state index in [1.54, 1.807) is 0 Å². The average molecular weight is 223 g/mol. The maximum atomic E-state index is 9.55. The molecule has 0 aromatic carbocycles. The van der Waals surface area contributed by atoms with Crippen molar-refractivity contribution < 1.29 is 5.11 Å². The third-order valence-corrected chi connectivity index (χ3v) is 3.72. The van der Waals surface area contributed by atoms with E-state index in [0.717, 1.165) is 26.1 Å². The topological polar surface area (TPSA) is 41.3 Å². The van der Waals surface area contributed by atoms with Gasteiger partial charge >= 0.3 is 0 Å². The van der Waals surface area contributed by atoms with Crippen LogP contribution in [0.25, 0.3) is 0 Å². The van der Waals surface area contributed by atoms with Crippen LogP contribution in [0.3, 0.4) is 0 Å². The fourth-order valence-corrected chi connectivity index (χ4v) is 2.34. The van der Waals surface area contributed by atoms with E-state index in [9.17, 15) is 5.11 Å². The smallest absolute Gasteiger partial charge is 0.0552 e. The minimum atomic E-state index is -0.181. The van der Waals surface area contributed by atoms with E-state index in [0.29, 0.717) is 5.92 Å². The van der Waals surface area contributed by atoms with Gasteiger partial charge in [0.2, 0.25) is 0 Å². The Morgan fingerprint density at radius 2 is 2.38 bits per heavy atom. The number of aromatic nitrogens is 2. The van der Waals surface area contributed by atoms with Crippen LogP contribution in [0, 0.1) is 12.8 Å². The average Bonchev–Trinajstić information content (AvgIpc) is 2.81. The number of aliphatic hydroxyl groups is 1. The number of nitrogens with zero attached hydrogens (tertiary/aromatic N) is 3. The van der Waals surface area contributed by atoms with Crippen LogP contribution in [-0.4, -0.2) is 39.0 Å². The molecule has 1 aliphatic heterocycles. The van der Waals surface area contributed by atoms with Crippen LogP contribution in [0.5, 0.6) is 0 Å². The van der Waals surface area contributed by atoms with Crippen molar-refractivity contribution in [2.24, 2.45) is 13.0 Å². The number of likely N-dealkylation sites (tertiary alicyclic amines) is 1. The van der Waals surface area contributed by atoms with Gasteiger partial charge in [0.15, 0.2) is 0 Å². The third kappa shape index (κ3) is 2.28. The van der Waals surface area contributed by atoms with E-state index >= 15 is 0 Å². The molecule has 2 heterocycles. The molecule has 1 aromatic heterocycles. The molecule has 4 heteroatoms. The Kier molecular flexibility index (Phi) is 3.30. The summed E-state index contributed by atoms with van der Waals surface area (Å²) in [6.07, 6.45) is 2.88. The molecule has 90 valence electrons. The van der Waals surface area contributed by atoms with E-state index in [4.69, 9.17) is 0 Å². The van der Waals surface area contributed by atoms with Gasteiger partial charge in [0, 0.05) is 31.4 Å². The zero-order chi connectivity index (χ0) is 11.7. The Labute approximate surface area is 96.9 Å². The standard InChI is InChI=1S/C12H21N3O/c1-9-12(6-13-14(9)3)8-15-5-4-11(7-15)10(2)16/h6,10-11,16H,4-5,7-8H2,1-3H3. The Bertz CT molecular complexity index is 359. The Balaban J connectivity index is 1.94. The van der Waals surface area contributed by atoms with Crippen molar-refractivity contribution in [3.63, 3.8) is 0 Å². The summed E-state index contributed by atoms with van der Waals surface area (Å²) in [5.74, 6) is 0.442. The Hall–Kier alpha value is -0.870. The van der Waals surface area contributed by atoms with E-state index < -0.39 is 0 Å². The Morgan fingerprint density at radius 3 is 2.88 bits per heavy atom. The molecule has 0 saturated carbocycles. The third-order valence-electron chi connectivity index (χ3n) is 3.72. The highest BCUT2D eigenvalue weighted by atomic mass is 16.3.